The van der Waals surface area contributed by atoms with Gasteiger partial charge in [-0.2, -0.15) is 0 Å². The minimum absolute atomic E-state index is 0.202. The Morgan fingerprint density at radius 1 is 1.19 bits per heavy atom. The first-order valence-electron chi connectivity index (χ1n) is 10.2. The van der Waals surface area contributed by atoms with E-state index in [9.17, 15) is 14.4 Å². The molecule has 0 radical (unpaired) electrons. The van der Waals surface area contributed by atoms with Gasteiger partial charge in [-0.3, -0.25) is 14.4 Å². The van der Waals surface area contributed by atoms with Crippen molar-refractivity contribution in [3.05, 3.63) is 69.2 Å². The molecule has 2 aromatic carbocycles. The molecule has 1 aliphatic heterocycles. The minimum atomic E-state index is -0.922. The third-order valence-corrected chi connectivity index (χ3v) is 5.62. The fraction of sp³-hybridized carbons (Fsp3) is 0.318. The summed E-state index contributed by atoms with van der Waals surface area (Å²) in [6, 6.07) is 13.9. The zero-order valence-electron chi connectivity index (χ0n) is 17.6. The first-order chi connectivity index (χ1) is 15.2. The van der Waals surface area contributed by atoms with Crippen LogP contribution in [0.15, 0.2) is 53.0 Å². The molecule has 1 unspecified atom stereocenters. The van der Waals surface area contributed by atoms with Crippen molar-refractivity contribution in [3.63, 3.8) is 0 Å². The van der Waals surface area contributed by atoms with Crippen molar-refractivity contribution in [2.45, 2.75) is 32.3 Å². The molecular formula is C22H23BBrClN2O5. The molecule has 1 aliphatic rings. The third kappa shape index (κ3) is 6.34. The minimum Gasteiger partial charge on any atom is -0.506 e. The zero-order valence-corrected chi connectivity index (χ0v) is 20.0. The fourth-order valence-corrected chi connectivity index (χ4v) is 3.91. The molecule has 0 spiro atoms. The van der Waals surface area contributed by atoms with Crippen molar-refractivity contribution in [2.24, 2.45) is 5.92 Å². The van der Waals surface area contributed by atoms with E-state index in [1.54, 1.807) is 30.3 Å². The Labute approximate surface area is 200 Å². The summed E-state index contributed by atoms with van der Waals surface area (Å²) in [6.07, 6.45) is -0.317. The van der Waals surface area contributed by atoms with E-state index in [0.717, 1.165) is 0 Å². The smallest absolute Gasteiger partial charge is 0.506 e. The SMILES string of the molecule is CC(C)CC(NC(=O)CNC(=O)c1cc(Br)ccc1Cl)B1OC(=O)[C@@H](c2ccccc2)O1. The van der Waals surface area contributed by atoms with E-state index in [1.807, 2.05) is 32.0 Å². The molecule has 2 aromatic rings. The Morgan fingerprint density at radius 3 is 2.59 bits per heavy atom. The summed E-state index contributed by atoms with van der Waals surface area (Å²) in [5.74, 6) is -1.76. The summed E-state index contributed by atoms with van der Waals surface area (Å²) >= 11 is 9.36. The van der Waals surface area contributed by atoms with Gasteiger partial charge in [0.25, 0.3) is 5.91 Å². The summed E-state index contributed by atoms with van der Waals surface area (Å²) in [7, 11) is -0.922. The van der Waals surface area contributed by atoms with Crippen LogP contribution in [-0.2, 0) is 18.9 Å². The second kappa shape index (κ2) is 11.0. The highest BCUT2D eigenvalue weighted by Crippen LogP contribution is 2.28. The molecule has 2 atom stereocenters. The number of rotatable bonds is 8. The second-order valence-corrected chi connectivity index (χ2v) is 9.17. The molecule has 0 saturated carbocycles. The summed E-state index contributed by atoms with van der Waals surface area (Å²) in [6.45, 7) is 3.71. The van der Waals surface area contributed by atoms with E-state index in [-0.39, 0.29) is 23.0 Å². The van der Waals surface area contributed by atoms with Gasteiger partial charge in [0, 0.05) is 4.47 Å². The molecule has 2 N–H and O–H groups in total. The standard InChI is InChI=1S/C22H23BBrClN2O5/c1-13(2)10-18(23-31-20(22(30)32-23)14-6-4-3-5-7-14)27-19(28)12-26-21(29)16-11-15(24)8-9-17(16)25/h3-9,11,13,18,20H,10,12H2,1-2H3,(H,26,29)(H,27,28)/t18?,20-/m1/s1. The maximum Gasteiger partial charge on any atom is 0.552 e. The lowest BCUT2D eigenvalue weighted by Gasteiger charge is -2.21. The molecular weight excluding hydrogens is 498 g/mol. The molecule has 1 fully saturated rings. The molecule has 2 amide bonds. The number of carbonyl (C=O) groups is 3. The topological polar surface area (TPSA) is 93.7 Å². The van der Waals surface area contributed by atoms with Gasteiger partial charge in [0.05, 0.1) is 23.1 Å². The molecule has 32 heavy (non-hydrogen) atoms. The Kier molecular flexibility index (Phi) is 8.34. The molecule has 10 heteroatoms. The van der Waals surface area contributed by atoms with E-state index in [4.69, 9.17) is 20.9 Å². The first kappa shape index (κ1) is 24.3. The van der Waals surface area contributed by atoms with Gasteiger partial charge in [0.1, 0.15) is 0 Å². The van der Waals surface area contributed by atoms with Gasteiger partial charge in [-0.05, 0) is 36.1 Å². The van der Waals surface area contributed by atoms with Gasteiger partial charge in [0.2, 0.25) is 5.91 Å². The van der Waals surface area contributed by atoms with Crippen LogP contribution in [0.4, 0.5) is 0 Å². The summed E-state index contributed by atoms with van der Waals surface area (Å²) in [4.78, 5) is 37.3. The first-order valence-corrected chi connectivity index (χ1v) is 11.3. The summed E-state index contributed by atoms with van der Waals surface area (Å²) < 4.78 is 12.0. The Morgan fingerprint density at radius 2 is 1.91 bits per heavy atom. The third-order valence-electron chi connectivity index (χ3n) is 4.80. The van der Waals surface area contributed by atoms with E-state index in [2.05, 4.69) is 26.6 Å². The van der Waals surface area contributed by atoms with E-state index >= 15 is 0 Å². The number of amides is 2. The maximum absolute atomic E-state index is 12.5. The highest BCUT2D eigenvalue weighted by atomic mass is 79.9. The lowest BCUT2D eigenvalue weighted by molar-refractivity contribution is -0.136. The molecule has 1 saturated heterocycles. The van der Waals surface area contributed by atoms with Gasteiger partial charge < -0.3 is 19.9 Å². The average molecular weight is 522 g/mol. The molecule has 7 nitrogen and oxygen atoms in total. The predicted molar refractivity (Wildman–Crippen MR) is 125 cm³/mol. The number of benzene rings is 2. The zero-order chi connectivity index (χ0) is 23.3. The molecule has 0 aliphatic carbocycles. The fourth-order valence-electron chi connectivity index (χ4n) is 3.34. The highest BCUT2D eigenvalue weighted by molar-refractivity contribution is 9.10. The Balaban J connectivity index is 1.61. The highest BCUT2D eigenvalue weighted by Gasteiger charge is 2.46. The predicted octanol–water partition coefficient (Wildman–Crippen LogP) is 3.71. The summed E-state index contributed by atoms with van der Waals surface area (Å²) in [5.41, 5.74) is 0.944. The van der Waals surface area contributed by atoms with Crippen LogP contribution in [0.25, 0.3) is 0 Å². The van der Waals surface area contributed by atoms with Gasteiger partial charge in [0.15, 0.2) is 6.10 Å². The number of nitrogens with one attached hydrogen (secondary N) is 2. The van der Waals surface area contributed by atoms with Gasteiger partial charge >= 0.3 is 13.1 Å². The van der Waals surface area contributed by atoms with Crippen LogP contribution in [-0.4, -0.2) is 37.4 Å². The van der Waals surface area contributed by atoms with Gasteiger partial charge in [-0.1, -0.05) is 71.7 Å². The number of halogens is 2. The lowest BCUT2D eigenvalue weighted by atomic mass is 9.74. The van der Waals surface area contributed by atoms with E-state index in [1.165, 1.54) is 0 Å². The number of hydrogen-bond donors (Lipinski definition) is 2. The average Bonchev–Trinajstić information content (AvgIpc) is 3.15. The largest absolute Gasteiger partial charge is 0.552 e. The van der Waals surface area contributed by atoms with Crippen LogP contribution in [0.3, 0.4) is 0 Å². The van der Waals surface area contributed by atoms with Crippen molar-refractivity contribution in [3.8, 4) is 0 Å². The number of hydrogen-bond acceptors (Lipinski definition) is 5. The molecule has 3 rings (SSSR count). The quantitative estimate of drug-likeness (QED) is 0.517. The lowest BCUT2D eigenvalue weighted by Crippen LogP contribution is -2.50. The Hall–Kier alpha value is -2.36. The normalized spacial score (nSPS) is 16.6. The van der Waals surface area contributed by atoms with Crippen molar-refractivity contribution in [1.29, 1.82) is 0 Å². The van der Waals surface area contributed by atoms with Crippen LogP contribution >= 0.6 is 27.5 Å². The van der Waals surface area contributed by atoms with E-state index in [0.29, 0.717) is 16.5 Å². The molecule has 0 bridgehead atoms. The molecule has 1 heterocycles. The van der Waals surface area contributed by atoms with Gasteiger partial charge in [-0.15, -0.1) is 0 Å². The second-order valence-electron chi connectivity index (χ2n) is 7.84. The van der Waals surface area contributed by atoms with Crippen LogP contribution < -0.4 is 10.6 Å². The van der Waals surface area contributed by atoms with Crippen molar-refractivity contribution in [2.75, 3.05) is 6.54 Å². The van der Waals surface area contributed by atoms with Gasteiger partial charge in [-0.25, -0.2) is 0 Å². The van der Waals surface area contributed by atoms with Crippen molar-refractivity contribution in [1.82, 2.24) is 10.6 Å². The molecule has 0 aromatic heterocycles. The van der Waals surface area contributed by atoms with Crippen LogP contribution in [0.1, 0.15) is 42.3 Å². The monoisotopic (exact) mass is 520 g/mol. The van der Waals surface area contributed by atoms with Crippen molar-refractivity contribution >= 4 is 52.4 Å². The van der Waals surface area contributed by atoms with Crippen LogP contribution in [0.5, 0.6) is 0 Å². The van der Waals surface area contributed by atoms with Crippen molar-refractivity contribution < 1.29 is 23.7 Å². The van der Waals surface area contributed by atoms with Crippen LogP contribution in [0.2, 0.25) is 5.02 Å². The summed E-state index contributed by atoms with van der Waals surface area (Å²) in [5, 5.41) is 5.65. The number of carbonyl (C=O) groups excluding carboxylic acids is 3. The maximum atomic E-state index is 12.5. The van der Waals surface area contributed by atoms with Crippen LogP contribution in [0, 0.1) is 5.92 Å². The molecule has 168 valence electrons. The Bertz CT molecular complexity index is 992. The van der Waals surface area contributed by atoms with E-state index < -0.39 is 36.9 Å².